The van der Waals surface area contributed by atoms with Crippen LogP contribution in [0.4, 0.5) is 15.8 Å². The molecule has 0 saturated heterocycles. The number of rotatable bonds is 4. The van der Waals surface area contributed by atoms with Crippen molar-refractivity contribution in [1.29, 1.82) is 0 Å². The molecule has 0 radical (unpaired) electrons. The van der Waals surface area contributed by atoms with E-state index in [2.05, 4.69) is 15.4 Å². The maximum absolute atomic E-state index is 13.4. The van der Waals surface area contributed by atoms with Gasteiger partial charge in [-0.05, 0) is 30.3 Å². The fourth-order valence-electron chi connectivity index (χ4n) is 2.71. The molecule has 0 unspecified atom stereocenters. The molecule has 0 aliphatic carbocycles. The second-order valence-electron chi connectivity index (χ2n) is 5.52. The van der Waals surface area contributed by atoms with E-state index in [-0.39, 0.29) is 5.82 Å². The third-order valence-corrected chi connectivity index (χ3v) is 3.88. The average Bonchev–Trinajstić information content (AvgIpc) is 3.16. The highest BCUT2D eigenvalue weighted by Crippen LogP contribution is 2.29. The number of ether oxygens (including phenoxy) is 1. The number of fused-ring (bicyclic) bond motifs is 1. The minimum atomic E-state index is -0.306. The van der Waals surface area contributed by atoms with Gasteiger partial charge in [0.2, 0.25) is 0 Å². The first-order valence-corrected chi connectivity index (χ1v) is 7.73. The van der Waals surface area contributed by atoms with Crippen LogP contribution < -0.4 is 10.1 Å². The second-order valence-corrected chi connectivity index (χ2v) is 5.52. The molecule has 6 heteroatoms. The smallest absolute Gasteiger partial charge is 0.125 e. The lowest BCUT2D eigenvalue weighted by atomic mass is 10.1. The van der Waals surface area contributed by atoms with E-state index in [0.29, 0.717) is 11.3 Å². The number of anilines is 2. The number of hydrogen-bond donors (Lipinski definition) is 1. The lowest BCUT2D eigenvalue weighted by Crippen LogP contribution is -1.99. The van der Waals surface area contributed by atoms with Crippen molar-refractivity contribution in [2.45, 2.75) is 0 Å². The zero-order valence-electron chi connectivity index (χ0n) is 13.5. The monoisotopic (exact) mass is 334 g/mol. The van der Waals surface area contributed by atoms with E-state index in [1.807, 2.05) is 36.5 Å². The highest BCUT2D eigenvalue weighted by atomic mass is 19.1. The summed E-state index contributed by atoms with van der Waals surface area (Å²) >= 11 is 0. The van der Waals surface area contributed by atoms with Crippen LogP contribution >= 0.6 is 0 Å². The topological polar surface area (TPSA) is 52.0 Å². The number of hydrogen-bond acceptors (Lipinski definition) is 4. The molecule has 2 aromatic carbocycles. The van der Waals surface area contributed by atoms with Crippen LogP contribution in [0.15, 0.2) is 67.1 Å². The van der Waals surface area contributed by atoms with Crippen LogP contribution in [0.1, 0.15) is 0 Å². The molecule has 124 valence electrons. The van der Waals surface area contributed by atoms with Gasteiger partial charge in [-0.15, -0.1) is 0 Å². The summed E-state index contributed by atoms with van der Waals surface area (Å²) in [6, 6.07) is 14.0. The molecule has 0 spiro atoms. The Balaban J connectivity index is 1.77. The zero-order chi connectivity index (χ0) is 17.2. The SMILES string of the molecule is COc1cc(Nc2ccnc3cc(F)ccc23)cc(-n2cccn2)c1. The maximum atomic E-state index is 13.4. The van der Waals surface area contributed by atoms with Crippen molar-refractivity contribution in [2.75, 3.05) is 12.4 Å². The van der Waals surface area contributed by atoms with Crippen molar-refractivity contribution < 1.29 is 9.13 Å². The number of methoxy groups -OCH3 is 1. The first-order valence-electron chi connectivity index (χ1n) is 7.73. The first-order chi connectivity index (χ1) is 12.2. The Hall–Kier alpha value is -3.41. The Labute approximate surface area is 143 Å². The number of pyridine rings is 1. The number of aromatic nitrogens is 3. The van der Waals surface area contributed by atoms with E-state index >= 15 is 0 Å². The standard InChI is InChI=1S/C19H15FN4O/c1-25-16-11-14(10-15(12-16)24-8-2-6-22-24)23-18-5-7-21-19-9-13(20)3-4-17(18)19/h2-12H,1H3,(H,21,23). The molecular weight excluding hydrogens is 319 g/mol. The van der Waals surface area contributed by atoms with Gasteiger partial charge in [0.25, 0.3) is 0 Å². The molecule has 0 bridgehead atoms. The van der Waals surface area contributed by atoms with Gasteiger partial charge < -0.3 is 10.1 Å². The fourth-order valence-corrected chi connectivity index (χ4v) is 2.71. The summed E-state index contributed by atoms with van der Waals surface area (Å²) in [5.74, 6) is 0.402. The molecule has 0 atom stereocenters. The summed E-state index contributed by atoms with van der Waals surface area (Å²) in [5.41, 5.74) is 3.14. The first kappa shape index (κ1) is 15.1. The minimum Gasteiger partial charge on any atom is -0.497 e. The van der Waals surface area contributed by atoms with Crippen LogP contribution in [-0.2, 0) is 0 Å². The molecule has 2 heterocycles. The maximum Gasteiger partial charge on any atom is 0.125 e. The number of benzene rings is 2. The van der Waals surface area contributed by atoms with Gasteiger partial charge in [0.05, 0.1) is 18.3 Å². The summed E-state index contributed by atoms with van der Waals surface area (Å²) in [6.45, 7) is 0. The third-order valence-electron chi connectivity index (χ3n) is 3.88. The molecule has 25 heavy (non-hydrogen) atoms. The van der Waals surface area contributed by atoms with E-state index in [1.54, 1.807) is 30.3 Å². The molecule has 0 aliphatic heterocycles. The molecule has 0 amide bonds. The van der Waals surface area contributed by atoms with Crippen molar-refractivity contribution in [3.63, 3.8) is 0 Å². The lowest BCUT2D eigenvalue weighted by Gasteiger charge is -2.13. The number of nitrogens with one attached hydrogen (secondary N) is 1. The highest BCUT2D eigenvalue weighted by Gasteiger charge is 2.07. The summed E-state index contributed by atoms with van der Waals surface area (Å²) in [6.07, 6.45) is 5.24. The molecule has 2 aromatic heterocycles. The van der Waals surface area contributed by atoms with Crippen molar-refractivity contribution in [3.05, 3.63) is 72.9 Å². The van der Waals surface area contributed by atoms with Crippen molar-refractivity contribution >= 4 is 22.3 Å². The zero-order valence-corrected chi connectivity index (χ0v) is 13.5. The molecule has 0 fully saturated rings. The van der Waals surface area contributed by atoms with Crippen molar-refractivity contribution in [3.8, 4) is 11.4 Å². The average molecular weight is 334 g/mol. The summed E-state index contributed by atoms with van der Waals surface area (Å²) in [7, 11) is 1.62. The molecule has 0 saturated carbocycles. The van der Waals surface area contributed by atoms with Gasteiger partial charge >= 0.3 is 0 Å². The van der Waals surface area contributed by atoms with Gasteiger partial charge in [0.1, 0.15) is 11.6 Å². The van der Waals surface area contributed by atoms with Crippen LogP contribution in [-0.4, -0.2) is 21.9 Å². The quantitative estimate of drug-likeness (QED) is 0.604. The van der Waals surface area contributed by atoms with Gasteiger partial charge in [-0.3, -0.25) is 4.98 Å². The number of halogens is 1. The second kappa shape index (κ2) is 6.24. The molecule has 4 rings (SSSR count). The fraction of sp³-hybridized carbons (Fsp3) is 0.0526. The molecule has 0 aliphatic rings. The van der Waals surface area contributed by atoms with E-state index in [9.17, 15) is 4.39 Å². The van der Waals surface area contributed by atoms with E-state index in [4.69, 9.17) is 4.74 Å². The number of nitrogens with zero attached hydrogens (tertiary/aromatic N) is 3. The third kappa shape index (κ3) is 3.01. The molecular formula is C19H15FN4O. The van der Waals surface area contributed by atoms with Crippen molar-refractivity contribution in [1.82, 2.24) is 14.8 Å². The molecule has 4 aromatic rings. The predicted molar refractivity (Wildman–Crippen MR) is 95.1 cm³/mol. The van der Waals surface area contributed by atoms with Gasteiger partial charge in [0, 0.05) is 53.6 Å². The Morgan fingerprint density at radius 3 is 2.80 bits per heavy atom. The lowest BCUT2D eigenvalue weighted by molar-refractivity contribution is 0.414. The van der Waals surface area contributed by atoms with Gasteiger partial charge in [-0.1, -0.05) is 0 Å². The summed E-state index contributed by atoms with van der Waals surface area (Å²) in [5, 5.41) is 8.45. The predicted octanol–water partition coefficient (Wildman–Crippen LogP) is 4.31. The van der Waals surface area contributed by atoms with Gasteiger partial charge in [-0.25, -0.2) is 9.07 Å². The Bertz CT molecular complexity index is 1030. The van der Waals surface area contributed by atoms with Gasteiger partial charge in [-0.2, -0.15) is 5.10 Å². The highest BCUT2D eigenvalue weighted by molar-refractivity contribution is 5.93. The minimum absolute atomic E-state index is 0.306. The Kier molecular flexibility index (Phi) is 3.78. The molecule has 5 nitrogen and oxygen atoms in total. The van der Waals surface area contributed by atoms with E-state index in [0.717, 1.165) is 22.4 Å². The van der Waals surface area contributed by atoms with Gasteiger partial charge in [0.15, 0.2) is 0 Å². The van der Waals surface area contributed by atoms with Crippen LogP contribution in [0, 0.1) is 5.82 Å². The van der Waals surface area contributed by atoms with Crippen LogP contribution in [0.3, 0.4) is 0 Å². The summed E-state index contributed by atoms with van der Waals surface area (Å²) in [4.78, 5) is 4.22. The molecule has 1 N–H and O–H groups in total. The van der Waals surface area contributed by atoms with Crippen LogP contribution in [0.25, 0.3) is 16.6 Å². The Morgan fingerprint density at radius 1 is 1.08 bits per heavy atom. The largest absolute Gasteiger partial charge is 0.497 e. The normalized spacial score (nSPS) is 10.8. The van der Waals surface area contributed by atoms with Crippen molar-refractivity contribution in [2.24, 2.45) is 0 Å². The van der Waals surface area contributed by atoms with E-state index < -0.39 is 0 Å². The van der Waals surface area contributed by atoms with E-state index in [1.165, 1.54) is 12.1 Å². The Morgan fingerprint density at radius 2 is 2.00 bits per heavy atom. The van der Waals surface area contributed by atoms with Crippen LogP contribution in [0.2, 0.25) is 0 Å². The van der Waals surface area contributed by atoms with Crippen LogP contribution in [0.5, 0.6) is 5.75 Å². The summed E-state index contributed by atoms with van der Waals surface area (Å²) < 4.78 is 20.6.